The highest BCUT2D eigenvalue weighted by Gasteiger charge is 2.07. The molecule has 0 aliphatic heterocycles. The fraction of sp³-hybridized carbons (Fsp3) is 0.417. The molecule has 94 valence electrons. The lowest BCUT2D eigenvalue weighted by Crippen LogP contribution is -2.32. The van der Waals surface area contributed by atoms with Crippen LogP contribution >= 0.6 is 0 Å². The van der Waals surface area contributed by atoms with E-state index in [1.165, 1.54) is 12.1 Å². The third-order valence-electron chi connectivity index (χ3n) is 2.36. The molecule has 0 spiro atoms. The van der Waals surface area contributed by atoms with Crippen molar-refractivity contribution in [2.24, 2.45) is 5.92 Å². The van der Waals surface area contributed by atoms with E-state index < -0.39 is 11.8 Å². The fourth-order valence-corrected chi connectivity index (χ4v) is 1.32. The standard InChI is InChI=1S/C12H17FN2O2/c1-9(6-7-16)8-14-12(17)15-11-5-3-2-4-10(11)13/h2-5,9,16H,6-8H2,1H3,(H2,14,15,17). The van der Waals surface area contributed by atoms with Gasteiger partial charge in [-0.3, -0.25) is 0 Å². The zero-order chi connectivity index (χ0) is 12.7. The van der Waals surface area contributed by atoms with Crippen molar-refractivity contribution < 1.29 is 14.3 Å². The minimum atomic E-state index is -0.467. The first-order valence-corrected chi connectivity index (χ1v) is 5.53. The van der Waals surface area contributed by atoms with Gasteiger partial charge in [0, 0.05) is 13.2 Å². The predicted molar refractivity (Wildman–Crippen MR) is 64.3 cm³/mol. The van der Waals surface area contributed by atoms with Crippen LogP contribution in [0.25, 0.3) is 0 Å². The lowest BCUT2D eigenvalue weighted by atomic mass is 10.1. The number of benzene rings is 1. The summed E-state index contributed by atoms with van der Waals surface area (Å²) in [5.74, 6) is -0.280. The van der Waals surface area contributed by atoms with E-state index in [0.29, 0.717) is 13.0 Å². The van der Waals surface area contributed by atoms with E-state index in [2.05, 4.69) is 10.6 Å². The zero-order valence-corrected chi connectivity index (χ0v) is 9.74. The quantitative estimate of drug-likeness (QED) is 0.736. The maximum absolute atomic E-state index is 13.2. The van der Waals surface area contributed by atoms with E-state index in [-0.39, 0.29) is 18.2 Å². The van der Waals surface area contributed by atoms with E-state index in [0.717, 1.165) is 0 Å². The second kappa shape index (κ2) is 6.85. The lowest BCUT2D eigenvalue weighted by molar-refractivity contribution is 0.243. The Morgan fingerprint density at radius 3 is 2.82 bits per heavy atom. The first kappa shape index (κ1) is 13.4. The topological polar surface area (TPSA) is 61.4 Å². The van der Waals surface area contributed by atoms with E-state index in [1.807, 2.05) is 6.92 Å². The molecule has 1 aromatic rings. The molecule has 1 unspecified atom stereocenters. The Morgan fingerprint density at radius 2 is 2.18 bits per heavy atom. The average Bonchev–Trinajstić information content (AvgIpc) is 2.30. The third kappa shape index (κ3) is 4.82. The minimum Gasteiger partial charge on any atom is -0.396 e. The Kier molecular flexibility index (Phi) is 5.42. The molecule has 0 aromatic heterocycles. The van der Waals surface area contributed by atoms with Crippen molar-refractivity contribution in [2.75, 3.05) is 18.5 Å². The molecule has 4 nitrogen and oxygen atoms in total. The monoisotopic (exact) mass is 240 g/mol. The number of anilines is 1. The lowest BCUT2D eigenvalue weighted by Gasteiger charge is -2.12. The zero-order valence-electron chi connectivity index (χ0n) is 9.74. The Bertz CT molecular complexity index is 371. The number of aliphatic hydroxyl groups excluding tert-OH is 1. The number of carbonyl (C=O) groups is 1. The summed E-state index contributed by atoms with van der Waals surface area (Å²) in [4.78, 5) is 11.4. The summed E-state index contributed by atoms with van der Waals surface area (Å²) in [5, 5.41) is 13.7. The van der Waals surface area contributed by atoms with Crippen molar-refractivity contribution in [3.63, 3.8) is 0 Å². The smallest absolute Gasteiger partial charge is 0.319 e. The maximum atomic E-state index is 13.2. The Balaban J connectivity index is 2.37. The largest absolute Gasteiger partial charge is 0.396 e. The molecule has 0 saturated carbocycles. The number of hydrogen-bond donors (Lipinski definition) is 3. The highest BCUT2D eigenvalue weighted by molar-refractivity contribution is 5.89. The second-order valence-corrected chi connectivity index (χ2v) is 3.93. The van der Waals surface area contributed by atoms with Crippen molar-refractivity contribution in [3.05, 3.63) is 30.1 Å². The Hall–Kier alpha value is -1.62. The molecular weight excluding hydrogens is 223 g/mol. The van der Waals surface area contributed by atoms with Crippen LogP contribution in [0.4, 0.5) is 14.9 Å². The summed E-state index contributed by atoms with van der Waals surface area (Å²) in [6.45, 7) is 2.46. The molecule has 1 atom stereocenters. The molecule has 2 amide bonds. The molecule has 3 N–H and O–H groups in total. The van der Waals surface area contributed by atoms with Gasteiger partial charge in [-0.2, -0.15) is 0 Å². The number of rotatable bonds is 5. The molecule has 1 aromatic carbocycles. The van der Waals surface area contributed by atoms with Crippen molar-refractivity contribution in [1.82, 2.24) is 5.32 Å². The van der Waals surface area contributed by atoms with Gasteiger partial charge in [0.05, 0.1) is 5.69 Å². The molecule has 0 fully saturated rings. The van der Waals surface area contributed by atoms with Crippen molar-refractivity contribution in [1.29, 1.82) is 0 Å². The second-order valence-electron chi connectivity index (χ2n) is 3.93. The van der Waals surface area contributed by atoms with Crippen LogP contribution in [0.2, 0.25) is 0 Å². The molecule has 17 heavy (non-hydrogen) atoms. The molecular formula is C12H17FN2O2. The summed E-state index contributed by atoms with van der Waals surface area (Å²) in [6, 6.07) is 5.53. The summed E-state index contributed by atoms with van der Waals surface area (Å²) < 4.78 is 13.2. The van der Waals surface area contributed by atoms with E-state index in [4.69, 9.17) is 5.11 Å². The Morgan fingerprint density at radius 1 is 1.47 bits per heavy atom. The van der Waals surface area contributed by atoms with Crippen LogP contribution in [0.1, 0.15) is 13.3 Å². The molecule has 0 radical (unpaired) electrons. The van der Waals surface area contributed by atoms with Crippen LogP contribution in [-0.4, -0.2) is 24.3 Å². The van der Waals surface area contributed by atoms with Gasteiger partial charge in [-0.1, -0.05) is 19.1 Å². The van der Waals surface area contributed by atoms with Gasteiger partial charge in [0.15, 0.2) is 0 Å². The van der Waals surface area contributed by atoms with E-state index in [1.54, 1.807) is 12.1 Å². The van der Waals surface area contributed by atoms with Crippen molar-refractivity contribution in [3.8, 4) is 0 Å². The molecule has 0 heterocycles. The normalized spacial score (nSPS) is 11.9. The van der Waals surface area contributed by atoms with Crippen LogP contribution in [0.15, 0.2) is 24.3 Å². The molecule has 0 bridgehead atoms. The summed E-state index contributed by atoms with van der Waals surface area (Å²) in [6.07, 6.45) is 0.625. The van der Waals surface area contributed by atoms with Crippen molar-refractivity contribution in [2.45, 2.75) is 13.3 Å². The number of amides is 2. The molecule has 1 rings (SSSR count). The third-order valence-corrected chi connectivity index (χ3v) is 2.36. The average molecular weight is 240 g/mol. The van der Waals surface area contributed by atoms with Crippen LogP contribution in [0, 0.1) is 11.7 Å². The van der Waals surface area contributed by atoms with Crippen molar-refractivity contribution >= 4 is 11.7 Å². The minimum absolute atomic E-state index is 0.0950. The van der Waals surface area contributed by atoms with Gasteiger partial charge in [-0.05, 0) is 24.5 Å². The van der Waals surface area contributed by atoms with Crippen LogP contribution < -0.4 is 10.6 Å². The molecule has 5 heteroatoms. The first-order chi connectivity index (χ1) is 8.13. The van der Waals surface area contributed by atoms with Gasteiger partial charge in [0.1, 0.15) is 5.82 Å². The highest BCUT2D eigenvalue weighted by Crippen LogP contribution is 2.11. The molecule has 0 aliphatic rings. The number of halogens is 1. The number of carbonyl (C=O) groups excluding carboxylic acids is 1. The SMILES string of the molecule is CC(CCO)CNC(=O)Nc1ccccc1F. The Labute approximate surface area is 99.8 Å². The molecule has 0 aliphatic carbocycles. The van der Waals surface area contributed by atoms with Gasteiger partial charge in [0.25, 0.3) is 0 Å². The number of para-hydroxylation sites is 1. The number of aliphatic hydroxyl groups is 1. The van der Waals surface area contributed by atoms with Crippen LogP contribution in [0.5, 0.6) is 0 Å². The highest BCUT2D eigenvalue weighted by atomic mass is 19.1. The van der Waals surface area contributed by atoms with Gasteiger partial charge in [-0.15, -0.1) is 0 Å². The number of nitrogens with one attached hydrogen (secondary N) is 2. The van der Waals surface area contributed by atoms with Gasteiger partial charge >= 0.3 is 6.03 Å². The maximum Gasteiger partial charge on any atom is 0.319 e. The predicted octanol–water partition coefficient (Wildman–Crippen LogP) is 1.97. The van der Waals surface area contributed by atoms with Crippen LogP contribution in [0.3, 0.4) is 0 Å². The van der Waals surface area contributed by atoms with Gasteiger partial charge < -0.3 is 15.7 Å². The van der Waals surface area contributed by atoms with Gasteiger partial charge in [0.2, 0.25) is 0 Å². The van der Waals surface area contributed by atoms with Gasteiger partial charge in [-0.25, -0.2) is 9.18 Å². The van der Waals surface area contributed by atoms with E-state index >= 15 is 0 Å². The number of urea groups is 1. The first-order valence-electron chi connectivity index (χ1n) is 5.53. The van der Waals surface area contributed by atoms with E-state index in [9.17, 15) is 9.18 Å². The summed E-state index contributed by atoms with van der Waals surface area (Å²) in [5.41, 5.74) is 0.153. The van der Waals surface area contributed by atoms with Crippen LogP contribution in [-0.2, 0) is 0 Å². The summed E-state index contributed by atoms with van der Waals surface area (Å²) in [7, 11) is 0. The fourth-order valence-electron chi connectivity index (χ4n) is 1.32. The summed E-state index contributed by atoms with van der Waals surface area (Å²) >= 11 is 0. The number of hydrogen-bond acceptors (Lipinski definition) is 2. The molecule has 0 saturated heterocycles.